The average molecular weight is 1800 g/mol. The fourth-order valence-corrected chi connectivity index (χ4v) is 23.6. The molecule has 0 N–H and O–H groups in total. The summed E-state index contributed by atoms with van der Waals surface area (Å²) in [6.45, 7) is 4.73. The van der Waals surface area contributed by atoms with Crippen LogP contribution < -0.4 is 0 Å². The number of hydrogen-bond acceptors (Lipinski definition) is 0. The first-order valence-corrected chi connectivity index (χ1v) is 48.8. The molecule has 0 atom stereocenters. The molecule has 1 aliphatic rings. The Morgan fingerprint density at radius 3 is 0.660 bits per heavy atom. The highest BCUT2D eigenvalue weighted by atomic mass is 15.0. The molecule has 0 aliphatic heterocycles. The van der Waals surface area contributed by atoms with Gasteiger partial charge in [0.25, 0.3) is 0 Å². The van der Waals surface area contributed by atoms with E-state index in [0.29, 0.717) is 0 Å². The Balaban J connectivity index is 0.000000104. The first kappa shape index (κ1) is 81.0. The number of benzene rings is 23. The first-order chi connectivity index (χ1) is 69.7. The second-order valence-electron chi connectivity index (χ2n) is 38.2. The number of nitrogens with zero attached hydrogens (tertiary/aromatic N) is 6. The van der Waals surface area contributed by atoms with E-state index in [1.165, 1.54) is 264 Å². The van der Waals surface area contributed by atoms with Crippen LogP contribution >= 0.6 is 0 Å². The Bertz CT molecular complexity index is 9920. The highest BCUT2D eigenvalue weighted by Gasteiger charge is 2.37. The molecule has 23 aromatic carbocycles. The van der Waals surface area contributed by atoms with Crippen molar-refractivity contribution in [3.63, 3.8) is 0 Å². The Morgan fingerprint density at radius 2 is 0.340 bits per heavy atom. The minimum absolute atomic E-state index is 0.0579. The average Bonchev–Trinajstić information content (AvgIpc) is 1.55. The summed E-state index contributed by atoms with van der Waals surface area (Å²) in [5, 5.41) is 23.0. The summed E-state index contributed by atoms with van der Waals surface area (Å²) in [5.41, 5.74) is 37.0. The summed E-state index contributed by atoms with van der Waals surface area (Å²) in [6.07, 6.45) is 0. The standard InChI is InChI=1S/C48H30N2.C45H32N2.C42H28N2/c1-2-12-33(13-3-1)49-45-20-10-8-18-40(45)43-28-31(22-26-47(43)49)32-23-27-48-44(29-32)41-19-9-11-21-46(41)50(48)34-24-25-39-37-16-5-4-14-35(37)36-15-6-7-17-38(36)42(39)30-34;1-45(2)39-19-11-9-17-33(39)35-27-38-37-26-30(22-24-43(37)47(44(38)28-40(35)45)32-15-7-4-8-16-32)29-21-23-42-36(25-29)34-18-10-12-20-41(34)46(42)31-13-5-3-6-14-31;1-3-11-33(12-4-1)43-39-17-9-7-15-35(39)37-27-31(23-25-41(37)43)29-19-21-30(22-20-29)32-24-26-42-38(28-32)36-16-8-10-18-40(36)44(42)34-13-5-2-6-14-34/h1-30H;3-28H,1-2H3;1-28H. The molecule has 0 radical (unpaired) electrons. The second-order valence-corrected chi connectivity index (χ2v) is 38.2. The molecular formula is C135H90N6. The summed E-state index contributed by atoms with van der Waals surface area (Å²) >= 11 is 0. The van der Waals surface area contributed by atoms with Gasteiger partial charge in [0.15, 0.2) is 0 Å². The van der Waals surface area contributed by atoms with Gasteiger partial charge >= 0.3 is 0 Å². The van der Waals surface area contributed by atoms with Crippen LogP contribution in [0.4, 0.5) is 0 Å². The van der Waals surface area contributed by atoms with Crippen molar-refractivity contribution in [3.05, 3.63) is 521 Å². The quantitative estimate of drug-likeness (QED) is 0.122. The van der Waals surface area contributed by atoms with Gasteiger partial charge in [-0.15, -0.1) is 0 Å². The van der Waals surface area contributed by atoms with Gasteiger partial charge < -0.3 is 27.4 Å². The number of hydrogen-bond donors (Lipinski definition) is 0. The molecule has 29 aromatic rings. The van der Waals surface area contributed by atoms with E-state index in [0.717, 1.165) is 0 Å². The monoisotopic (exact) mass is 1790 g/mol. The number of fused-ring (bicyclic) bond motifs is 27. The maximum Gasteiger partial charge on any atom is 0.0544 e. The van der Waals surface area contributed by atoms with Crippen molar-refractivity contribution >= 4 is 163 Å². The Hall–Kier alpha value is -18.4. The summed E-state index contributed by atoms with van der Waals surface area (Å²) in [5.74, 6) is 0. The van der Waals surface area contributed by atoms with Crippen molar-refractivity contribution in [1.29, 1.82) is 0 Å². The van der Waals surface area contributed by atoms with E-state index < -0.39 is 0 Å². The maximum absolute atomic E-state index is 2.46. The fourth-order valence-electron chi connectivity index (χ4n) is 23.6. The van der Waals surface area contributed by atoms with Crippen LogP contribution in [0.1, 0.15) is 25.0 Å². The zero-order valence-corrected chi connectivity index (χ0v) is 77.7. The molecule has 0 amide bonds. The third kappa shape index (κ3) is 13.0. The van der Waals surface area contributed by atoms with Gasteiger partial charge in [0, 0.05) is 104 Å². The van der Waals surface area contributed by atoms with Crippen molar-refractivity contribution in [2.45, 2.75) is 19.3 Å². The van der Waals surface area contributed by atoms with Crippen molar-refractivity contribution in [2.75, 3.05) is 0 Å². The van der Waals surface area contributed by atoms with E-state index in [1.807, 2.05) is 0 Å². The van der Waals surface area contributed by atoms with Gasteiger partial charge in [-0.3, -0.25) is 0 Å². The highest BCUT2D eigenvalue weighted by Crippen LogP contribution is 2.53. The van der Waals surface area contributed by atoms with Gasteiger partial charge in [-0.25, -0.2) is 0 Å². The summed E-state index contributed by atoms with van der Waals surface area (Å²) in [6, 6.07) is 186. The lowest BCUT2D eigenvalue weighted by molar-refractivity contribution is 0.661. The molecule has 1 aliphatic carbocycles. The van der Waals surface area contributed by atoms with Crippen molar-refractivity contribution in [3.8, 4) is 89.8 Å². The molecule has 0 spiro atoms. The van der Waals surface area contributed by atoms with Gasteiger partial charge in [-0.05, 0) is 287 Å². The molecule has 30 rings (SSSR count). The van der Waals surface area contributed by atoms with Gasteiger partial charge in [0.05, 0.1) is 66.2 Å². The molecule has 6 heterocycles. The predicted molar refractivity (Wildman–Crippen MR) is 597 cm³/mol. The van der Waals surface area contributed by atoms with Gasteiger partial charge in [-0.1, -0.05) is 335 Å². The lowest BCUT2D eigenvalue weighted by Crippen LogP contribution is -2.14. The topological polar surface area (TPSA) is 29.6 Å². The lowest BCUT2D eigenvalue weighted by Gasteiger charge is -2.21. The predicted octanol–water partition coefficient (Wildman–Crippen LogP) is 36.1. The molecule has 6 aromatic heterocycles. The van der Waals surface area contributed by atoms with Gasteiger partial charge in [0.1, 0.15) is 0 Å². The zero-order valence-electron chi connectivity index (χ0n) is 77.7. The van der Waals surface area contributed by atoms with Crippen LogP contribution in [0.3, 0.4) is 0 Å². The van der Waals surface area contributed by atoms with Crippen LogP contribution in [0.5, 0.6) is 0 Å². The molecule has 141 heavy (non-hydrogen) atoms. The van der Waals surface area contributed by atoms with Crippen molar-refractivity contribution in [1.82, 2.24) is 27.4 Å². The van der Waals surface area contributed by atoms with Crippen LogP contribution in [0, 0.1) is 0 Å². The minimum Gasteiger partial charge on any atom is -0.309 e. The van der Waals surface area contributed by atoms with Gasteiger partial charge in [0.2, 0.25) is 0 Å². The van der Waals surface area contributed by atoms with E-state index in [2.05, 4.69) is 551 Å². The maximum atomic E-state index is 2.46. The summed E-state index contributed by atoms with van der Waals surface area (Å²) in [7, 11) is 0. The number of para-hydroxylation sites is 10. The molecule has 660 valence electrons. The van der Waals surface area contributed by atoms with Crippen molar-refractivity contribution in [2.24, 2.45) is 0 Å². The molecule has 0 unspecified atom stereocenters. The molecule has 0 bridgehead atoms. The minimum atomic E-state index is -0.0579. The highest BCUT2D eigenvalue weighted by molar-refractivity contribution is 6.26. The molecule has 0 saturated heterocycles. The van der Waals surface area contributed by atoms with E-state index >= 15 is 0 Å². The summed E-state index contributed by atoms with van der Waals surface area (Å²) < 4.78 is 14.4. The van der Waals surface area contributed by atoms with Crippen LogP contribution in [-0.4, -0.2) is 27.4 Å². The number of rotatable bonds is 10. The normalized spacial score (nSPS) is 12.4. The molecule has 6 nitrogen and oxygen atoms in total. The van der Waals surface area contributed by atoms with E-state index in [4.69, 9.17) is 0 Å². The lowest BCUT2D eigenvalue weighted by atomic mass is 9.82. The Kier molecular flexibility index (Phi) is 18.6. The number of aromatic nitrogens is 6. The van der Waals surface area contributed by atoms with Crippen LogP contribution in [0.15, 0.2) is 510 Å². The SMILES string of the molecule is CC1(C)c2ccccc2-c2cc3c4cc(-c5ccc6c(c5)c5ccccc5n6-c5ccccc5)ccc4n(-c4ccccc4)c3cc21.c1ccc(-n2c3ccccc3c3cc(-c4ccc(-c5ccc6c(c5)c5ccccc5n6-c5ccccc5)cc4)ccc32)cc1.c1ccc(-n2c3ccccc3c3cc(-c4ccc5c(c4)c4ccccc4n5-c4ccc5c6ccccc6c6ccccc6c5c4)ccc32)cc1. The zero-order chi connectivity index (χ0) is 93.1. The molecular weight excluding hydrogens is 1710 g/mol. The third-order valence-electron chi connectivity index (χ3n) is 30.1. The molecule has 0 fully saturated rings. The largest absolute Gasteiger partial charge is 0.309 e. The van der Waals surface area contributed by atoms with E-state index in [9.17, 15) is 0 Å². The Morgan fingerprint density at radius 1 is 0.121 bits per heavy atom. The molecule has 0 saturated carbocycles. The third-order valence-corrected chi connectivity index (χ3v) is 30.1. The first-order valence-electron chi connectivity index (χ1n) is 48.8. The summed E-state index contributed by atoms with van der Waals surface area (Å²) in [4.78, 5) is 0. The van der Waals surface area contributed by atoms with E-state index in [-0.39, 0.29) is 5.41 Å². The molecule has 6 heteroatoms. The van der Waals surface area contributed by atoms with Crippen LogP contribution in [0.25, 0.3) is 253 Å². The van der Waals surface area contributed by atoms with E-state index in [1.54, 1.807) is 0 Å². The van der Waals surface area contributed by atoms with Crippen LogP contribution in [0.2, 0.25) is 0 Å². The second kappa shape index (κ2) is 32.4. The van der Waals surface area contributed by atoms with Crippen LogP contribution in [-0.2, 0) is 5.41 Å². The van der Waals surface area contributed by atoms with Crippen molar-refractivity contribution < 1.29 is 0 Å². The fraction of sp³-hybridized carbons (Fsp3) is 0.0222. The smallest absolute Gasteiger partial charge is 0.0544 e. The Labute approximate surface area is 814 Å². The van der Waals surface area contributed by atoms with Gasteiger partial charge in [-0.2, -0.15) is 0 Å².